The first kappa shape index (κ1) is 10.7. The Morgan fingerprint density at radius 2 is 2.38 bits per heavy atom. The van der Waals surface area contributed by atoms with E-state index in [1.807, 2.05) is 14.0 Å². The van der Waals surface area contributed by atoms with Gasteiger partial charge in [0.15, 0.2) is 0 Å². The minimum Gasteiger partial charge on any atom is -0.380 e. The van der Waals surface area contributed by atoms with Crippen molar-refractivity contribution in [2.24, 2.45) is 0 Å². The summed E-state index contributed by atoms with van der Waals surface area (Å²) < 4.78 is 5.25. The Labute approximate surface area is 80.1 Å². The van der Waals surface area contributed by atoms with E-state index in [-0.39, 0.29) is 6.04 Å². The van der Waals surface area contributed by atoms with Gasteiger partial charge in [-0.1, -0.05) is 0 Å². The molecule has 1 fully saturated rings. The van der Waals surface area contributed by atoms with Gasteiger partial charge in [0.25, 0.3) is 0 Å². The summed E-state index contributed by atoms with van der Waals surface area (Å²) in [5.41, 5.74) is 0. The van der Waals surface area contributed by atoms with Gasteiger partial charge in [0, 0.05) is 19.6 Å². The fraction of sp³-hybridized carbons (Fsp3) is 0.900. The fourth-order valence-electron chi connectivity index (χ4n) is 1.77. The number of nitrogens with zero attached hydrogens (tertiary/aromatic N) is 1. The predicted octanol–water partition coefficient (Wildman–Crippen LogP) is 1.08. The van der Waals surface area contributed by atoms with E-state index < -0.39 is 0 Å². The molecule has 0 saturated heterocycles. The Morgan fingerprint density at radius 1 is 1.62 bits per heavy atom. The van der Waals surface area contributed by atoms with Gasteiger partial charge in [-0.15, -0.1) is 0 Å². The molecule has 0 N–H and O–H groups in total. The number of likely N-dealkylation sites (N-methyl/N-ethyl adjacent to an activating group) is 1. The van der Waals surface area contributed by atoms with Crippen LogP contribution in [0, 0.1) is 0 Å². The van der Waals surface area contributed by atoms with Crippen LogP contribution in [0.3, 0.4) is 0 Å². The molecule has 0 radical (unpaired) electrons. The molecule has 0 heterocycles. The van der Waals surface area contributed by atoms with Crippen molar-refractivity contribution in [1.82, 2.24) is 4.90 Å². The number of hydrogen-bond acceptors (Lipinski definition) is 3. The first-order valence-corrected chi connectivity index (χ1v) is 5.06. The summed E-state index contributed by atoms with van der Waals surface area (Å²) >= 11 is 0. The SMILES string of the molecule is CCOCCN(C)C1CCCC1=O. The third kappa shape index (κ3) is 3.08. The molecule has 3 nitrogen and oxygen atoms in total. The molecule has 13 heavy (non-hydrogen) atoms. The molecule has 76 valence electrons. The molecule has 0 bridgehead atoms. The van der Waals surface area contributed by atoms with Crippen molar-refractivity contribution in [3.05, 3.63) is 0 Å². The molecule has 0 aliphatic heterocycles. The smallest absolute Gasteiger partial charge is 0.149 e. The minimum absolute atomic E-state index is 0.167. The number of rotatable bonds is 5. The van der Waals surface area contributed by atoms with Crippen LogP contribution in [-0.2, 0) is 9.53 Å². The second-order valence-electron chi connectivity index (χ2n) is 3.55. The van der Waals surface area contributed by atoms with Crippen LogP contribution in [-0.4, -0.2) is 43.5 Å². The predicted molar refractivity (Wildman–Crippen MR) is 51.8 cm³/mol. The first-order chi connectivity index (χ1) is 6.25. The summed E-state index contributed by atoms with van der Waals surface area (Å²) in [4.78, 5) is 13.5. The molecule has 3 heteroatoms. The fourth-order valence-corrected chi connectivity index (χ4v) is 1.77. The Kier molecular flexibility index (Phi) is 4.39. The molecular weight excluding hydrogens is 166 g/mol. The molecule has 0 aromatic carbocycles. The lowest BCUT2D eigenvalue weighted by Gasteiger charge is -2.22. The summed E-state index contributed by atoms with van der Waals surface area (Å²) in [6.45, 7) is 4.34. The number of carbonyl (C=O) groups is 1. The molecule has 1 rings (SSSR count). The molecule has 1 atom stereocenters. The van der Waals surface area contributed by atoms with E-state index in [9.17, 15) is 4.79 Å². The highest BCUT2D eigenvalue weighted by Gasteiger charge is 2.27. The number of hydrogen-bond donors (Lipinski definition) is 0. The van der Waals surface area contributed by atoms with E-state index in [0.29, 0.717) is 5.78 Å². The van der Waals surface area contributed by atoms with Gasteiger partial charge in [-0.05, 0) is 26.8 Å². The topological polar surface area (TPSA) is 29.5 Å². The van der Waals surface area contributed by atoms with E-state index >= 15 is 0 Å². The number of ether oxygens (including phenoxy) is 1. The van der Waals surface area contributed by atoms with Gasteiger partial charge in [-0.25, -0.2) is 0 Å². The van der Waals surface area contributed by atoms with E-state index in [1.54, 1.807) is 0 Å². The Morgan fingerprint density at radius 3 is 2.92 bits per heavy atom. The molecule has 1 aliphatic rings. The highest BCUT2D eigenvalue weighted by Crippen LogP contribution is 2.18. The number of Topliss-reactive ketones (excluding diaryl/α,β-unsaturated/α-hetero) is 1. The van der Waals surface area contributed by atoms with Crippen LogP contribution in [0.4, 0.5) is 0 Å². The van der Waals surface area contributed by atoms with Crippen molar-refractivity contribution in [2.75, 3.05) is 26.8 Å². The van der Waals surface area contributed by atoms with Gasteiger partial charge >= 0.3 is 0 Å². The molecule has 0 aromatic heterocycles. The largest absolute Gasteiger partial charge is 0.380 e. The minimum atomic E-state index is 0.167. The molecule has 1 saturated carbocycles. The summed E-state index contributed by atoms with van der Waals surface area (Å²) in [5.74, 6) is 0.402. The van der Waals surface area contributed by atoms with E-state index in [1.165, 1.54) is 0 Å². The van der Waals surface area contributed by atoms with Crippen molar-refractivity contribution in [3.63, 3.8) is 0 Å². The van der Waals surface area contributed by atoms with Gasteiger partial charge in [0.05, 0.1) is 12.6 Å². The monoisotopic (exact) mass is 185 g/mol. The zero-order valence-electron chi connectivity index (χ0n) is 8.58. The van der Waals surface area contributed by atoms with Crippen molar-refractivity contribution in [2.45, 2.75) is 32.2 Å². The van der Waals surface area contributed by atoms with Crippen LogP contribution >= 0.6 is 0 Å². The Balaban J connectivity index is 2.22. The van der Waals surface area contributed by atoms with Gasteiger partial charge < -0.3 is 4.74 Å². The summed E-state index contributed by atoms with van der Waals surface area (Å²) in [6, 6.07) is 0.167. The van der Waals surface area contributed by atoms with E-state index in [4.69, 9.17) is 4.74 Å². The second kappa shape index (κ2) is 5.35. The van der Waals surface area contributed by atoms with Crippen LogP contribution < -0.4 is 0 Å². The highest BCUT2D eigenvalue weighted by molar-refractivity contribution is 5.85. The molecule has 1 aliphatic carbocycles. The third-order valence-electron chi connectivity index (χ3n) is 2.60. The zero-order valence-corrected chi connectivity index (χ0v) is 8.58. The van der Waals surface area contributed by atoms with Crippen molar-refractivity contribution >= 4 is 5.78 Å². The average molecular weight is 185 g/mol. The van der Waals surface area contributed by atoms with Gasteiger partial charge in [-0.3, -0.25) is 9.69 Å². The van der Waals surface area contributed by atoms with Crippen LogP contribution in [0.15, 0.2) is 0 Å². The van der Waals surface area contributed by atoms with Crippen LogP contribution in [0.2, 0.25) is 0 Å². The summed E-state index contributed by atoms with van der Waals surface area (Å²) in [5, 5.41) is 0. The molecule has 1 unspecified atom stereocenters. The van der Waals surface area contributed by atoms with Crippen LogP contribution in [0.25, 0.3) is 0 Å². The van der Waals surface area contributed by atoms with Crippen molar-refractivity contribution < 1.29 is 9.53 Å². The maximum atomic E-state index is 11.4. The van der Waals surface area contributed by atoms with E-state index in [0.717, 1.165) is 39.0 Å². The number of ketones is 1. The maximum absolute atomic E-state index is 11.4. The Hall–Kier alpha value is -0.410. The highest BCUT2D eigenvalue weighted by atomic mass is 16.5. The molecule has 0 spiro atoms. The summed E-state index contributed by atoms with van der Waals surface area (Å²) in [7, 11) is 2.01. The van der Waals surface area contributed by atoms with E-state index in [2.05, 4.69) is 4.90 Å². The van der Waals surface area contributed by atoms with Gasteiger partial charge in [0.1, 0.15) is 5.78 Å². The Bertz CT molecular complexity index is 170. The van der Waals surface area contributed by atoms with Gasteiger partial charge in [-0.2, -0.15) is 0 Å². The molecule has 0 aromatic rings. The van der Waals surface area contributed by atoms with Crippen LogP contribution in [0.1, 0.15) is 26.2 Å². The second-order valence-corrected chi connectivity index (χ2v) is 3.55. The van der Waals surface area contributed by atoms with Crippen LogP contribution in [0.5, 0.6) is 0 Å². The third-order valence-corrected chi connectivity index (χ3v) is 2.60. The van der Waals surface area contributed by atoms with Crippen molar-refractivity contribution in [3.8, 4) is 0 Å². The lowest BCUT2D eigenvalue weighted by molar-refractivity contribution is -0.121. The standard InChI is InChI=1S/C10H19NO2/c1-3-13-8-7-11(2)9-5-4-6-10(9)12/h9H,3-8H2,1-2H3. The number of carbonyl (C=O) groups excluding carboxylic acids is 1. The lowest BCUT2D eigenvalue weighted by Crippen LogP contribution is -2.37. The normalized spacial score (nSPS) is 23.0. The van der Waals surface area contributed by atoms with Crippen molar-refractivity contribution in [1.29, 1.82) is 0 Å². The molecule has 0 amide bonds. The maximum Gasteiger partial charge on any atom is 0.149 e. The molecular formula is C10H19NO2. The van der Waals surface area contributed by atoms with Gasteiger partial charge in [0.2, 0.25) is 0 Å². The average Bonchev–Trinajstić information content (AvgIpc) is 2.52. The first-order valence-electron chi connectivity index (χ1n) is 5.06. The quantitative estimate of drug-likeness (QED) is 0.600. The summed E-state index contributed by atoms with van der Waals surface area (Å²) in [6.07, 6.45) is 2.85. The zero-order chi connectivity index (χ0) is 9.68. The lowest BCUT2D eigenvalue weighted by atomic mass is 10.2.